The molecule has 2 fully saturated rings. The van der Waals surface area contributed by atoms with Gasteiger partial charge in [0.15, 0.2) is 0 Å². The van der Waals surface area contributed by atoms with Crippen LogP contribution in [0.25, 0.3) is 0 Å². The minimum atomic E-state index is -3.67. The zero-order valence-electron chi connectivity index (χ0n) is 14.4. The van der Waals surface area contributed by atoms with Crippen molar-refractivity contribution in [2.45, 2.75) is 17.9 Å². The first-order valence-electron chi connectivity index (χ1n) is 8.40. The molecule has 0 spiro atoms. The van der Waals surface area contributed by atoms with E-state index >= 15 is 0 Å². The number of halogens is 1. The summed E-state index contributed by atoms with van der Waals surface area (Å²) in [5, 5.41) is 2.80. The summed E-state index contributed by atoms with van der Waals surface area (Å²) in [6.45, 7) is 3.91. The second kappa shape index (κ2) is 7.51. The molecule has 8 nitrogen and oxygen atoms in total. The third kappa shape index (κ3) is 3.57. The molecule has 1 N–H and O–H groups in total. The summed E-state index contributed by atoms with van der Waals surface area (Å²) in [6.07, 6.45) is 0. The van der Waals surface area contributed by atoms with Gasteiger partial charge in [-0.2, -0.15) is 4.31 Å². The Hall–Kier alpha value is -1.68. The normalized spacial score (nSPS) is 20.8. The van der Waals surface area contributed by atoms with E-state index in [9.17, 15) is 18.0 Å². The highest BCUT2D eigenvalue weighted by molar-refractivity contribution is 7.89. The van der Waals surface area contributed by atoms with Crippen LogP contribution < -0.4 is 5.32 Å². The summed E-state index contributed by atoms with van der Waals surface area (Å²) < 4.78 is 26.9. The Morgan fingerprint density at radius 2 is 1.81 bits per heavy atom. The SMILES string of the molecule is CC(C(=O)N1CCNC1=O)N1CCN(S(=O)(=O)c2ccccc2Cl)CC1. The maximum Gasteiger partial charge on any atom is 0.324 e. The number of piperazine rings is 1. The van der Waals surface area contributed by atoms with Gasteiger partial charge >= 0.3 is 6.03 Å². The first-order valence-corrected chi connectivity index (χ1v) is 10.2. The van der Waals surface area contributed by atoms with Crippen molar-refractivity contribution in [1.29, 1.82) is 0 Å². The number of carbonyl (C=O) groups is 2. The van der Waals surface area contributed by atoms with Crippen molar-refractivity contribution in [3.8, 4) is 0 Å². The van der Waals surface area contributed by atoms with Gasteiger partial charge < -0.3 is 5.32 Å². The van der Waals surface area contributed by atoms with Crippen LogP contribution in [0.3, 0.4) is 0 Å². The monoisotopic (exact) mass is 400 g/mol. The van der Waals surface area contributed by atoms with Crippen LogP contribution in [0.1, 0.15) is 6.92 Å². The number of benzene rings is 1. The molecule has 1 unspecified atom stereocenters. The van der Waals surface area contributed by atoms with Crippen LogP contribution in [0.2, 0.25) is 5.02 Å². The Bertz CT molecular complexity index is 808. The molecular formula is C16H21ClN4O4S. The van der Waals surface area contributed by atoms with E-state index in [4.69, 9.17) is 11.6 Å². The van der Waals surface area contributed by atoms with E-state index in [2.05, 4.69) is 5.32 Å². The Balaban J connectivity index is 1.65. The van der Waals surface area contributed by atoms with E-state index in [1.165, 1.54) is 15.3 Å². The average Bonchev–Trinajstić information content (AvgIpc) is 3.06. The number of sulfonamides is 1. The smallest absolute Gasteiger partial charge is 0.324 e. The summed E-state index contributed by atoms with van der Waals surface area (Å²) in [5.74, 6) is -0.262. The molecular weight excluding hydrogens is 380 g/mol. The molecule has 1 aromatic rings. The van der Waals surface area contributed by atoms with Crippen molar-refractivity contribution in [1.82, 2.24) is 19.4 Å². The molecule has 0 aliphatic carbocycles. The Labute approximate surface area is 157 Å². The Kier molecular flexibility index (Phi) is 5.52. The van der Waals surface area contributed by atoms with Crippen LogP contribution >= 0.6 is 11.6 Å². The van der Waals surface area contributed by atoms with Crippen molar-refractivity contribution < 1.29 is 18.0 Å². The topological polar surface area (TPSA) is 90.0 Å². The number of carbonyl (C=O) groups excluding carboxylic acids is 2. The molecule has 2 saturated heterocycles. The molecule has 2 aliphatic rings. The number of nitrogens with zero attached hydrogens (tertiary/aromatic N) is 3. The lowest BCUT2D eigenvalue weighted by atomic mass is 10.2. The van der Waals surface area contributed by atoms with Crippen molar-refractivity contribution >= 4 is 33.6 Å². The Morgan fingerprint density at radius 1 is 1.15 bits per heavy atom. The van der Waals surface area contributed by atoms with E-state index in [1.807, 2.05) is 4.90 Å². The standard InChI is InChI=1S/C16H21ClN4O4S/c1-12(15(22)21-7-6-18-16(21)23)19-8-10-20(11-9-19)26(24,25)14-5-3-2-4-13(14)17/h2-5,12H,6-11H2,1H3,(H,18,23). The maximum absolute atomic E-state index is 12.8. The number of rotatable bonds is 4. The molecule has 2 heterocycles. The third-order valence-corrected chi connectivity index (χ3v) is 7.15. The van der Waals surface area contributed by atoms with Gasteiger partial charge in [0, 0.05) is 39.3 Å². The van der Waals surface area contributed by atoms with E-state index in [0.717, 1.165) is 0 Å². The number of hydrogen-bond acceptors (Lipinski definition) is 5. The highest BCUT2D eigenvalue weighted by atomic mass is 35.5. The zero-order valence-corrected chi connectivity index (χ0v) is 16.0. The van der Waals surface area contributed by atoms with E-state index in [0.29, 0.717) is 26.2 Å². The Morgan fingerprint density at radius 3 is 2.38 bits per heavy atom. The second-order valence-corrected chi connectivity index (χ2v) is 8.58. The number of urea groups is 1. The van der Waals surface area contributed by atoms with Gasteiger partial charge in [-0.1, -0.05) is 23.7 Å². The van der Waals surface area contributed by atoms with Crippen molar-refractivity contribution in [3.05, 3.63) is 29.3 Å². The van der Waals surface area contributed by atoms with Crippen molar-refractivity contribution in [2.24, 2.45) is 0 Å². The number of nitrogens with one attached hydrogen (secondary N) is 1. The largest absolute Gasteiger partial charge is 0.336 e. The number of amides is 3. The average molecular weight is 401 g/mol. The van der Waals surface area contributed by atoms with Gasteiger partial charge in [-0.05, 0) is 19.1 Å². The van der Waals surface area contributed by atoms with E-state index < -0.39 is 16.1 Å². The first kappa shape index (κ1) is 19.1. The highest BCUT2D eigenvalue weighted by Gasteiger charge is 2.36. The van der Waals surface area contributed by atoms with Crippen molar-refractivity contribution in [3.63, 3.8) is 0 Å². The summed E-state index contributed by atoms with van der Waals surface area (Å²) in [4.78, 5) is 27.3. The zero-order chi connectivity index (χ0) is 18.9. The molecule has 26 heavy (non-hydrogen) atoms. The van der Waals surface area contributed by atoms with Crippen molar-refractivity contribution in [2.75, 3.05) is 39.3 Å². The third-order valence-electron chi connectivity index (χ3n) is 4.76. The van der Waals surface area contributed by atoms with Gasteiger partial charge in [0.25, 0.3) is 0 Å². The minimum absolute atomic E-state index is 0.0907. The van der Waals surface area contributed by atoms with Gasteiger partial charge in [-0.3, -0.25) is 14.6 Å². The van der Waals surface area contributed by atoms with Gasteiger partial charge in [0.1, 0.15) is 4.90 Å². The molecule has 10 heteroatoms. The van der Waals surface area contributed by atoms with E-state index in [1.54, 1.807) is 25.1 Å². The van der Waals surface area contributed by atoms with Crippen LogP contribution in [-0.2, 0) is 14.8 Å². The lowest BCUT2D eigenvalue weighted by Crippen LogP contribution is -2.55. The minimum Gasteiger partial charge on any atom is -0.336 e. The molecule has 1 aromatic carbocycles. The molecule has 0 saturated carbocycles. The lowest BCUT2D eigenvalue weighted by molar-refractivity contribution is -0.133. The number of imide groups is 1. The van der Waals surface area contributed by atoms with Crippen LogP contribution in [0, 0.1) is 0 Å². The summed E-state index contributed by atoms with van der Waals surface area (Å²) in [5.41, 5.74) is 0. The first-order chi connectivity index (χ1) is 12.3. The quantitative estimate of drug-likeness (QED) is 0.798. The summed E-state index contributed by atoms with van der Waals surface area (Å²) >= 11 is 6.03. The molecule has 3 amide bonds. The van der Waals surface area contributed by atoms with Crippen LogP contribution in [-0.4, -0.2) is 79.8 Å². The fraction of sp³-hybridized carbons (Fsp3) is 0.500. The molecule has 2 aliphatic heterocycles. The van der Waals surface area contributed by atoms with Crippen LogP contribution in [0.15, 0.2) is 29.2 Å². The lowest BCUT2D eigenvalue weighted by Gasteiger charge is -2.37. The number of hydrogen-bond donors (Lipinski definition) is 1. The highest BCUT2D eigenvalue weighted by Crippen LogP contribution is 2.25. The van der Waals surface area contributed by atoms with E-state index in [-0.39, 0.29) is 34.9 Å². The summed E-state index contributed by atoms with van der Waals surface area (Å²) in [6, 6.07) is 5.50. The van der Waals surface area contributed by atoms with Crippen LogP contribution in [0.5, 0.6) is 0 Å². The maximum atomic E-state index is 12.8. The van der Waals surface area contributed by atoms with Crippen LogP contribution in [0.4, 0.5) is 4.79 Å². The summed E-state index contributed by atoms with van der Waals surface area (Å²) in [7, 11) is -3.67. The molecule has 0 radical (unpaired) electrons. The molecule has 3 rings (SSSR count). The fourth-order valence-corrected chi connectivity index (χ4v) is 5.10. The second-order valence-electron chi connectivity index (χ2n) is 6.27. The fourth-order valence-electron chi connectivity index (χ4n) is 3.19. The van der Waals surface area contributed by atoms with Gasteiger partial charge in [0.2, 0.25) is 15.9 Å². The van der Waals surface area contributed by atoms with Gasteiger partial charge in [0.05, 0.1) is 11.1 Å². The molecule has 0 bridgehead atoms. The predicted molar refractivity (Wildman–Crippen MR) is 96.4 cm³/mol. The van der Waals surface area contributed by atoms with Gasteiger partial charge in [-0.25, -0.2) is 13.2 Å². The molecule has 1 atom stereocenters. The van der Waals surface area contributed by atoms with Gasteiger partial charge in [-0.15, -0.1) is 0 Å². The predicted octanol–water partition coefficient (Wildman–Crippen LogP) is 0.587. The molecule has 0 aromatic heterocycles. The molecule has 142 valence electrons.